The molecule has 4 rings (SSSR count). The first-order valence-corrected chi connectivity index (χ1v) is 12.8. The van der Waals surface area contributed by atoms with Crippen LogP contribution in [0, 0.1) is 23.6 Å². The molecule has 2 aromatic heterocycles. The van der Waals surface area contributed by atoms with Crippen LogP contribution in [0.2, 0.25) is 0 Å². The molecule has 36 heavy (non-hydrogen) atoms. The number of fused-ring (bicyclic) bond motifs is 1. The van der Waals surface area contributed by atoms with Gasteiger partial charge in [-0.25, -0.2) is 19.0 Å². The maximum atomic E-state index is 14.5. The van der Waals surface area contributed by atoms with E-state index in [0.29, 0.717) is 30.7 Å². The van der Waals surface area contributed by atoms with Gasteiger partial charge in [-0.3, -0.25) is 9.59 Å². The molecule has 1 atom stereocenters. The molecule has 2 aromatic carbocycles. The van der Waals surface area contributed by atoms with Crippen molar-refractivity contribution in [3.8, 4) is 0 Å². The third-order valence-electron chi connectivity index (χ3n) is 5.26. The summed E-state index contributed by atoms with van der Waals surface area (Å²) >= 11 is 7.48. The molecule has 0 aliphatic rings. The smallest absolute Gasteiger partial charge is 0.316 e. The van der Waals surface area contributed by atoms with E-state index in [1.807, 2.05) is 13.8 Å². The second-order valence-electron chi connectivity index (χ2n) is 7.93. The number of aromatic nitrogens is 4. The summed E-state index contributed by atoms with van der Waals surface area (Å²) in [7, 11) is 0. The van der Waals surface area contributed by atoms with Gasteiger partial charge >= 0.3 is 5.97 Å². The molecule has 0 aliphatic heterocycles. The number of amides is 1. The van der Waals surface area contributed by atoms with E-state index in [-0.39, 0.29) is 18.1 Å². The number of nitrogens with one attached hydrogen (secondary N) is 2. The number of anilines is 3. The zero-order valence-corrected chi connectivity index (χ0v) is 21.9. The average Bonchev–Trinajstić information content (AvgIpc) is 3.15. The van der Waals surface area contributed by atoms with Crippen LogP contribution in [0.4, 0.5) is 21.6 Å². The molecule has 13 heteroatoms. The van der Waals surface area contributed by atoms with E-state index in [1.165, 1.54) is 17.1 Å². The lowest BCUT2D eigenvalue weighted by atomic mass is 10.1. The molecule has 3 N–H and O–H groups in total. The number of carbonyl (C=O) groups excluding carboxylic acids is 1. The Morgan fingerprint density at radius 3 is 2.72 bits per heavy atom. The van der Waals surface area contributed by atoms with Gasteiger partial charge in [0, 0.05) is 11.1 Å². The fourth-order valence-corrected chi connectivity index (χ4v) is 5.62. The first kappa shape index (κ1) is 25.7. The van der Waals surface area contributed by atoms with Gasteiger partial charge in [0.15, 0.2) is 8.29 Å². The van der Waals surface area contributed by atoms with Crippen molar-refractivity contribution in [1.29, 1.82) is 0 Å². The standard InChI is InChI=1S/C23H21FN6O3S3/c1-11-6-16(24)18(7-12(11)2)28-20-15-8-14(4-5-17(15)25-10-26-20)27-19(31)9-30-23(34)36-22(29-30)35-13(3)21(32)33/h4-8,10,13H,9H2,1-3H3,(H,27,31)(H,32,33)(H,25,26,28). The number of nitrogens with zero attached hydrogens (tertiary/aromatic N) is 4. The van der Waals surface area contributed by atoms with Crippen molar-refractivity contribution in [2.45, 2.75) is 36.9 Å². The number of aliphatic carboxylic acids is 1. The van der Waals surface area contributed by atoms with Crippen LogP contribution in [0.5, 0.6) is 0 Å². The van der Waals surface area contributed by atoms with E-state index < -0.39 is 17.0 Å². The predicted molar refractivity (Wildman–Crippen MR) is 141 cm³/mol. The number of carbonyl (C=O) groups is 2. The number of carboxylic acids is 1. The van der Waals surface area contributed by atoms with E-state index in [9.17, 15) is 14.0 Å². The van der Waals surface area contributed by atoms with Gasteiger partial charge in [-0.05, 0) is 74.4 Å². The summed E-state index contributed by atoms with van der Waals surface area (Å²) in [4.78, 5) is 32.3. The highest BCUT2D eigenvalue weighted by Crippen LogP contribution is 2.29. The van der Waals surface area contributed by atoms with Crippen LogP contribution in [-0.2, 0) is 16.1 Å². The Kier molecular flexibility index (Phi) is 7.62. The number of hydrogen-bond acceptors (Lipinski definition) is 9. The lowest BCUT2D eigenvalue weighted by molar-refractivity contribution is -0.136. The molecule has 1 amide bonds. The summed E-state index contributed by atoms with van der Waals surface area (Å²) in [6.07, 6.45) is 1.38. The average molecular weight is 545 g/mol. The van der Waals surface area contributed by atoms with E-state index >= 15 is 0 Å². The van der Waals surface area contributed by atoms with E-state index in [0.717, 1.165) is 34.2 Å². The Balaban J connectivity index is 1.53. The Hall–Kier alpha value is -3.42. The quantitative estimate of drug-likeness (QED) is 0.200. The second-order valence-corrected chi connectivity index (χ2v) is 11.1. The summed E-state index contributed by atoms with van der Waals surface area (Å²) in [5.41, 5.74) is 3.17. The number of rotatable bonds is 8. The molecule has 2 heterocycles. The molecule has 0 fully saturated rings. The van der Waals surface area contributed by atoms with Crippen LogP contribution in [0.25, 0.3) is 10.9 Å². The lowest BCUT2D eigenvalue weighted by Gasteiger charge is -2.12. The summed E-state index contributed by atoms with van der Waals surface area (Å²) in [5, 5.41) is 19.1. The Labute approximate surface area is 218 Å². The topological polar surface area (TPSA) is 122 Å². The fourth-order valence-electron chi connectivity index (χ4n) is 3.21. The SMILES string of the molecule is Cc1cc(F)c(Nc2ncnc3ccc(NC(=O)Cn4nc(SC(C)C(=O)O)sc4=S)cc23)cc1C. The Morgan fingerprint density at radius 2 is 1.97 bits per heavy atom. The van der Waals surface area contributed by atoms with Gasteiger partial charge < -0.3 is 15.7 Å². The minimum Gasteiger partial charge on any atom is -0.480 e. The third kappa shape index (κ3) is 5.86. The van der Waals surface area contributed by atoms with E-state index in [2.05, 4.69) is 25.7 Å². The molecule has 0 bridgehead atoms. The van der Waals surface area contributed by atoms with Crippen LogP contribution in [0.3, 0.4) is 0 Å². The highest BCUT2D eigenvalue weighted by Gasteiger charge is 2.17. The minimum atomic E-state index is -0.959. The molecule has 0 saturated heterocycles. The number of benzene rings is 2. The van der Waals surface area contributed by atoms with Gasteiger partial charge in [0.1, 0.15) is 29.8 Å². The molecule has 186 valence electrons. The summed E-state index contributed by atoms with van der Waals surface area (Å²) in [5.74, 6) is -1.33. The maximum Gasteiger partial charge on any atom is 0.316 e. The van der Waals surface area contributed by atoms with Crippen molar-refractivity contribution in [2.24, 2.45) is 0 Å². The van der Waals surface area contributed by atoms with Crippen LogP contribution in [-0.4, -0.2) is 42.0 Å². The van der Waals surface area contributed by atoms with Crippen molar-refractivity contribution < 1.29 is 19.1 Å². The monoisotopic (exact) mass is 544 g/mol. The Morgan fingerprint density at radius 1 is 1.22 bits per heavy atom. The largest absolute Gasteiger partial charge is 0.480 e. The van der Waals surface area contributed by atoms with Crippen LogP contribution >= 0.6 is 35.3 Å². The predicted octanol–water partition coefficient (Wildman–Crippen LogP) is 5.32. The van der Waals surface area contributed by atoms with Gasteiger partial charge in [-0.1, -0.05) is 23.1 Å². The van der Waals surface area contributed by atoms with Gasteiger partial charge in [0.05, 0.1) is 11.2 Å². The molecule has 9 nitrogen and oxygen atoms in total. The summed E-state index contributed by atoms with van der Waals surface area (Å²) < 4.78 is 16.7. The number of thioether (sulfide) groups is 1. The second kappa shape index (κ2) is 10.7. The maximum absolute atomic E-state index is 14.5. The molecular weight excluding hydrogens is 523 g/mol. The Bertz CT molecular complexity index is 1540. The van der Waals surface area contributed by atoms with Crippen molar-refractivity contribution in [3.63, 3.8) is 0 Å². The van der Waals surface area contributed by atoms with Crippen LogP contribution < -0.4 is 10.6 Å². The zero-order valence-electron chi connectivity index (χ0n) is 19.4. The van der Waals surface area contributed by atoms with Crippen LogP contribution in [0.15, 0.2) is 41.0 Å². The minimum absolute atomic E-state index is 0.139. The first-order chi connectivity index (χ1) is 17.1. The van der Waals surface area contributed by atoms with Crippen molar-refractivity contribution in [2.75, 3.05) is 10.6 Å². The number of carboxylic acid groups (broad SMARTS) is 1. The van der Waals surface area contributed by atoms with Gasteiger partial charge in [0.25, 0.3) is 0 Å². The molecular formula is C23H21FN6O3S3. The molecule has 0 radical (unpaired) electrons. The van der Waals surface area contributed by atoms with Gasteiger partial charge in [-0.15, -0.1) is 0 Å². The van der Waals surface area contributed by atoms with Crippen molar-refractivity contribution >= 4 is 75.3 Å². The lowest BCUT2D eigenvalue weighted by Crippen LogP contribution is -2.19. The highest BCUT2D eigenvalue weighted by atomic mass is 32.2. The first-order valence-electron chi connectivity index (χ1n) is 10.7. The molecule has 0 spiro atoms. The van der Waals surface area contributed by atoms with E-state index in [1.54, 1.807) is 31.2 Å². The molecule has 4 aromatic rings. The number of aryl methyl sites for hydroxylation is 2. The number of hydrogen-bond donors (Lipinski definition) is 3. The highest BCUT2D eigenvalue weighted by molar-refractivity contribution is 8.02. The summed E-state index contributed by atoms with van der Waals surface area (Å²) in [6, 6.07) is 8.30. The van der Waals surface area contributed by atoms with E-state index in [4.69, 9.17) is 17.3 Å². The van der Waals surface area contributed by atoms with Gasteiger partial charge in [0.2, 0.25) is 5.91 Å². The fraction of sp³-hybridized carbons (Fsp3) is 0.217. The molecule has 0 aliphatic carbocycles. The van der Waals surface area contributed by atoms with Crippen molar-refractivity contribution in [1.82, 2.24) is 19.7 Å². The van der Waals surface area contributed by atoms with Gasteiger partial charge in [-0.2, -0.15) is 5.10 Å². The zero-order chi connectivity index (χ0) is 26.0. The van der Waals surface area contributed by atoms with Crippen molar-refractivity contribution in [3.05, 3.63) is 57.6 Å². The molecule has 0 saturated carbocycles. The normalized spacial score (nSPS) is 11.9. The van der Waals surface area contributed by atoms with Crippen LogP contribution in [0.1, 0.15) is 18.1 Å². The number of halogens is 1. The summed E-state index contributed by atoms with van der Waals surface area (Å²) in [6.45, 7) is 5.15. The third-order valence-corrected chi connectivity index (χ3v) is 7.74. The molecule has 1 unspecified atom stereocenters.